The van der Waals surface area contributed by atoms with Gasteiger partial charge in [0, 0.05) is 38.8 Å². The number of carbonyl (C=O) groups excluding carboxylic acids is 1. The highest BCUT2D eigenvalue weighted by Gasteiger charge is 2.31. The van der Waals surface area contributed by atoms with Crippen LogP contribution >= 0.6 is 0 Å². The quantitative estimate of drug-likeness (QED) is 0.733. The molecule has 6 heteroatoms. The lowest BCUT2D eigenvalue weighted by Gasteiger charge is -2.36. The summed E-state index contributed by atoms with van der Waals surface area (Å²) >= 11 is 0. The van der Waals surface area contributed by atoms with Gasteiger partial charge in [0.05, 0.1) is 12.3 Å². The minimum Gasteiger partial charge on any atom is -0.391 e. The van der Waals surface area contributed by atoms with E-state index in [4.69, 9.17) is 0 Å². The molecule has 2 atom stereocenters. The number of amides is 2. The van der Waals surface area contributed by atoms with Crippen molar-refractivity contribution in [1.82, 2.24) is 20.0 Å². The monoisotopic (exact) mass is 378 g/mol. The molecule has 3 aromatic rings. The number of aliphatic hydroxyl groups is 1. The highest BCUT2D eigenvalue weighted by molar-refractivity contribution is 5.83. The van der Waals surface area contributed by atoms with E-state index in [9.17, 15) is 9.90 Å². The van der Waals surface area contributed by atoms with Gasteiger partial charge < -0.3 is 15.3 Å². The molecule has 4 rings (SSSR count). The van der Waals surface area contributed by atoms with E-state index in [1.54, 1.807) is 9.58 Å². The number of urea groups is 1. The minimum atomic E-state index is -0.556. The van der Waals surface area contributed by atoms with Crippen molar-refractivity contribution in [3.8, 4) is 0 Å². The maximum atomic E-state index is 12.4. The van der Waals surface area contributed by atoms with Crippen LogP contribution in [-0.4, -0.2) is 51.6 Å². The summed E-state index contributed by atoms with van der Waals surface area (Å²) in [5.74, 6) is 0.0593. The summed E-state index contributed by atoms with van der Waals surface area (Å²) in [5.41, 5.74) is 2.24. The van der Waals surface area contributed by atoms with Gasteiger partial charge in [0.15, 0.2) is 0 Å². The van der Waals surface area contributed by atoms with Gasteiger partial charge in [-0.1, -0.05) is 42.5 Å². The topological polar surface area (TPSA) is 70.4 Å². The second kappa shape index (κ2) is 8.02. The Morgan fingerprint density at radius 3 is 2.82 bits per heavy atom. The molecule has 2 heterocycles. The number of nitrogens with zero attached hydrogens (tertiary/aromatic N) is 3. The van der Waals surface area contributed by atoms with Crippen LogP contribution in [0.15, 0.2) is 54.9 Å². The van der Waals surface area contributed by atoms with Crippen LogP contribution in [0.5, 0.6) is 0 Å². The van der Waals surface area contributed by atoms with Crippen LogP contribution in [-0.2, 0) is 13.5 Å². The minimum absolute atomic E-state index is 0.0593. The highest BCUT2D eigenvalue weighted by atomic mass is 16.3. The Bertz CT molecular complexity index is 968. The van der Waals surface area contributed by atoms with Crippen molar-refractivity contribution < 1.29 is 9.90 Å². The fourth-order valence-corrected chi connectivity index (χ4v) is 3.97. The number of aromatic nitrogens is 2. The van der Waals surface area contributed by atoms with Crippen LogP contribution in [0.2, 0.25) is 0 Å². The van der Waals surface area contributed by atoms with Crippen LogP contribution in [0.25, 0.3) is 10.8 Å². The van der Waals surface area contributed by atoms with Gasteiger partial charge in [-0.15, -0.1) is 0 Å². The van der Waals surface area contributed by atoms with Crippen LogP contribution in [0, 0.1) is 0 Å². The maximum absolute atomic E-state index is 12.4. The van der Waals surface area contributed by atoms with E-state index in [0.717, 1.165) is 24.0 Å². The molecule has 2 aromatic carbocycles. The molecule has 28 heavy (non-hydrogen) atoms. The first-order chi connectivity index (χ1) is 13.6. The zero-order valence-electron chi connectivity index (χ0n) is 16.1. The predicted molar refractivity (Wildman–Crippen MR) is 109 cm³/mol. The summed E-state index contributed by atoms with van der Waals surface area (Å²) in [6.45, 7) is 1.56. The number of carbonyl (C=O) groups is 1. The van der Waals surface area contributed by atoms with Crippen molar-refractivity contribution in [2.75, 3.05) is 19.6 Å². The molecule has 1 aliphatic rings. The van der Waals surface area contributed by atoms with E-state index in [0.29, 0.717) is 19.6 Å². The predicted octanol–water partition coefficient (Wildman–Crippen LogP) is 2.68. The second-order valence-corrected chi connectivity index (χ2v) is 7.52. The van der Waals surface area contributed by atoms with E-state index < -0.39 is 6.10 Å². The molecule has 6 nitrogen and oxygen atoms in total. The molecule has 0 aliphatic carbocycles. The van der Waals surface area contributed by atoms with Gasteiger partial charge in [0.2, 0.25) is 0 Å². The molecule has 1 aromatic heterocycles. The van der Waals surface area contributed by atoms with E-state index in [2.05, 4.69) is 40.7 Å². The van der Waals surface area contributed by atoms with Crippen molar-refractivity contribution in [3.05, 3.63) is 66.0 Å². The summed E-state index contributed by atoms with van der Waals surface area (Å²) in [7, 11) is 1.88. The Hall–Kier alpha value is -2.86. The van der Waals surface area contributed by atoms with Gasteiger partial charge in [-0.25, -0.2) is 4.79 Å². The van der Waals surface area contributed by atoms with Crippen LogP contribution < -0.4 is 5.32 Å². The van der Waals surface area contributed by atoms with Crippen molar-refractivity contribution in [3.63, 3.8) is 0 Å². The first-order valence-electron chi connectivity index (χ1n) is 9.77. The first-order valence-corrected chi connectivity index (χ1v) is 9.77. The van der Waals surface area contributed by atoms with Crippen LogP contribution in [0.4, 0.5) is 4.79 Å². The summed E-state index contributed by atoms with van der Waals surface area (Å²) in [4.78, 5) is 14.2. The number of aliphatic hydroxyl groups excluding tert-OH is 1. The van der Waals surface area contributed by atoms with E-state index in [1.165, 1.54) is 10.8 Å². The lowest BCUT2D eigenvalue weighted by molar-refractivity contribution is 0.0655. The molecule has 146 valence electrons. The largest absolute Gasteiger partial charge is 0.391 e. The number of benzene rings is 2. The molecule has 0 radical (unpaired) electrons. The normalized spacial score (nSPS) is 19.7. The molecule has 2 N–H and O–H groups in total. The van der Waals surface area contributed by atoms with E-state index in [-0.39, 0.29) is 11.9 Å². The zero-order valence-corrected chi connectivity index (χ0v) is 16.1. The van der Waals surface area contributed by atoms with Gasteiger partial charge in [-0.3, -0.25) is 4.68 Å². The molecule has 1 fully saturated rings. The van der Waals surface area contributed by atoms with Crippen LogP contribution in [0.3, 0.4) is 0 Å². The zero-order chi connectivity index (χ0) is 19.5. The smallest absolute Gasteiger partial charge is 0.317 e. The molecular weight excluding hydrogens is 352 g/mol. The SMILES string of the molecule is Cn1cc(CCNC(=O)N2CC[C@@H](c3ccc4ccccc4c3)[C@H](O)C2)cn1. The first kappa shape index (κ1) is 18.5. The number of fused-ring (bicyclic) bond motifs is 1. The average molecular weight is 378 g/mol. The number of piperidine rings is 1. The van der Waals surface area contributed by atoms with Gasteiger partial charge in [0.25, 0.3) is 0 Å². The Morgan fingerprint density at radius 2 is 2.07 bits per heavy atom. The van der Waals surface area contributed by atoms with Gasteiger partial charge in [-0.2, -0.15) is 5.10 Å². The fraction of sp³-hybridized carbons (Fsp3) is 0.364. The van der Waals surface area contributed by atoms with Crippen molar-refractivity contribution in [2.24, 2.45) is 7.05 Å². The van der Waals surface area contributed by atoms with Crippen molar-refractivity contribution in [1.29, 1.82) is 0 Å². The third-order valence-corrected chi connectivity index (χ3v) is 5.52. The number of aryl methyl sites for hydroxylation is 1. The lowest BCUT2D eigenvalue weighted by Crippen LogP contribution is -2.49. The second-order valence-electron chi connectivity index (χ2n) is 7.52. The molecule has 0 saturated carbocycles. The molecule has 0 bridgehead atoms. The Kier molecular flexibility index (Phi) is 5.30. The van der Waals surface area contributed by atoms with Crippen molar-refractivity contribution in [2.45, 2.75) is 24.9 Å². The van der Waals surface area contributed by atoms with Gasteiger partial charge in [0.1, 0.15) is 0 Å². The molecule has 0 unspecified atom stereocenters. The molecule has 2 amide bonds. The van der Waals surface area contributed by atoms with Gasteiger partial charge in [-0.05, 0) is 34.7 Å². The van der Waals surface area contributed by atoms with Gasteiger partial charge >= 0.3 is 6.03 Å². The standard InChI is InChI=1S/C22H26N4O2/c1-25-14-16(13-24-25)8-10-23-22(28)26-11-9-20(21(27)15-26)19-7-6-17-4-2-3-5-18(17)12-19/h2-7,12-14,20-21,27H,8-11,15H2,1H3,(H,23,28)/t20-,21+/m0/s1. The Labute approximate surface area is 164 Å². The Balaban J connectivity index is 1.33. The maximum Gasteiger partial charge on any atom is 0.317 e. The van der Waals surface area contributed by atoms with Crippen LogP contribution in [0.1, 0.15) is 23.5 Å². The molecule has 0 spiro atoms. The van der Waals surface area contributed by atoms with E-state index in [1.807, 2.05) is 31.6 Å². The third kappa shape index (κ3) is 4.02. The number of rotatable bonds is 4. The molecular formula is C22H26N4O2. The lowest BCUT2D eigenvalue weighted by atomic mass is 9.86. The fourth-order valence-electron chi connectivity index (χ4n) is 3.97. The van der Waals surface area contributed by atoms with Crippen molar-refractivity contribution >= 4 is 16.8 Å². The molecule has 1 saturated heterocycles. The molecule has 1 aliphatic heterocycles. The summed E-state index contributed by atoms with van der Waals surface area (Å²) in [5, 5.41) is 20.1. The summed E-state index contributed by atoms with van der Waals surface area (Å²) in [6, 6.07) is 14.5. The number of β-amino-alcohol motifs (C(OH)–C–C–N with tert-alkyl or cyclic N) is 1. The highest BCUT2D eigenvalue weighted by Crippen LogP contribution is 2.30. The Morgan fingerprint density at radius 1 is 1.25 bits per heavy atom. The summed E-state index contributed by atoms with van der Waals surface area (Å²) < 4.78 is 1.76. The number of likely N-dealkylation sites (tertiary alicyclic amines) is 1. The average Bonchev–Trinajstić information content (AvgIpc) is 3.12. The number of nitrogens with one attached hydrogen (secondary N) is 1. The summed E-state index contributed by atoms with van der Waals surface area (Å²) in [6.07, 6.45) is 4.71. The number of hydrogen-bond acceptors (Lipinski definition) is 3. The van der Waals surface area contributed by atoms with E-state index >= 15 is 0 Å². The third-order valence-electron chi connectivity index (χ3n) is 5.52. The number of hydrogen-bond donors (Lipinski definition) is 2.